The van der Waals surface area contributed by atoms with Gasteiger partial charge in [-0.1, -0.05) is 12.1 Å². The molecule has 0 bridgehead atoms. The van der Waals surface area contributed by atoms with Gasteiger partial charge in [0.15, 0.2) is 17.3 Å². The minimum absolute atomic E-state index is 0.225. The Kier molecular flexibility index (Phi) is 8.65. The summed E-state index contributed by atoms with van der Waals surface area (Å²) in [5.41, 5.74) is 4.22. The van der Waals surface area contributed by atoms with Crippen molar-refractivity contribution < 1.29 is 14.3 Å². The van der Waals surface area contributed by atoms with E-state index in [1.165, 1.54) is 10.4 Å². The van der Waals surface area contributed by atoms with Crippen molar-refractivity contribution in [2.24, 2.45) is 0 Å². The van der Waals surface area contributed by atoms with Crippen LogP contribution in [-0.2, 0) is 19.4 Å². The quantitative estimate of drug-likeness (QED) is 0.368. The highest BCUT2D eigenvalue weighted by atomic mass is 32.1. The second-order valence-corrected chi connectivity index (χ2v) is 10.3. The Morgan fingerprint density at radius 2 is 1.66 bits per heavy atom. The molecule has 1 aromatic carbocycles. The monoisotopic (exact) mass is 495 g/mol. The van der Waals surface area contributed by atoms with Gasteiger partial charge >= 0.3 is 0 Å². The maximum atomic E-state index is 13.2. The number of ketones is 1. The molecule has 6 nitrogen and oxygen atoms in total. The standard InChI is InChI=1S/C28H37N3O3S/c1-21-18-25(22(2)31(21)12-9-23-7-8-27(33-3)28(19-23)34-4)26(32)20-30-15-13-29(14-16-30)11-10-24-6-5-17-35-24/h5-8,17-19H,9-16,20H2,1-4H3. The van der Waals surface area contributed by atoms with Crippen LogP contribution < -0.4 is 9.47 Å². The average Bonchev–Trinajstić information content (AvgIpc) is 3.49. The number of aromatic nitrogens is 1. The van der Waals surface area contributed by atoms with Crippen LogP contribution in [0.3, 0.4) is 0 Å². The number of carbonyl (C=O) groups is 1. The molecule has 0 unspecified atom stereocenters. The third-order valence-corrected chi connectivity index (χ3v) is 7.97. The highest BCUT2D eigenvalue weighted by Crippen LogP contribution is 2.28. The second kappa shape index (κ2) is 11.9. The Bertz CT molecular complexity index is 1110. The number of Topliss-reactive ketones (excluding diaryl/α,β-unsaturated/α-hetero) is 1. The first-order valence-corrected chi connectivity index (χ1v) is 13.2. The summed E-state index contributed by atoms with van der Waals surface area (Å²) in [6.45, 7) is 10.5. The molecule has 0 spiro atoms. The van der Waals surface area contributed by atoms with E-state index in [-0.39, 0.29) is 5.78 Å². The Labute approximate surface area is 213 Å². The molecule has 0 amide bonds. The van der Waals surface area contributed by atoms with Crippen molar-refractivity contribution in [1.29, 1.82) is 0 Å². The lowest BCUT2D eigenvalue weighted by Gasteiger charge is -2.34. The Morgan fingerprint density at radius 1 is 0.914 bits per heavy atom. The number of carbonyl (C=O) groups excluding carboxylic acids is 1. The summed E-state index contributed by atoms with van der Waals surface area (Å²) < 4.78 is 13.0. The van der Waals surface area contributed by atoms with Gasteiger partial charge in [0, 0.05) is 61.1 Å². The fourth-order valence-electron chi connectivity index (χ4n) is 4.89. The molecule has 4 rings (SSSR count). The molecular formula is C28H37N3O3S. The maximum absolute atomic E-state index is 13.2. The van der Waals surface area contributed by atoms with Gasteiger partial charge in [0.25, 0.3) is 0 Å². The van der Waals surface area contributed by atoms with Gasteiger partial charge in [0.2, 0.25) is 0 Å². The zero-order valence-corrected chi connectivity index (χ0v) is 22.2. The topological polar surface area (TPSA) is 46.9 Å². The molecule has 0 aliphatic carbocycles. The molecule has 3 heterocycles. The number of thiophene rings is 1. The molecule has 3 aromatic rings. The lowest BCUT2D eigenvalue weighted by atomic mass is 10.1. The zero-order chi connectivity index (χ0) is 24.8. The summed E-state index contributed by atoms with van der Waals surface area (Å²) in [7, 11) is 3.31. The van der Waals surface area contributed by atoms with E-state index in [1.54, 1.807) is 14.2 Å². The van der Waals surface area contributed by atoms with Crippen molar-refractivity contribution in [3.8, 4) is 11.5 Å². The number of piperazine rings is 1. The number of nitrogens with zero attached hydrogens (tertiary/aromatic N) is 3. The molecule has 2 aromatic heterocycles. The highest BCUT2D eigenvalue weighted by Gasteiger charge is 2.22. The normalized spacial score (nSPS) is 14.9. The summed E-state index contributed by atoms with van der Waals surface area (Å²) >= 11 is 1.83. The smallest absolute Gasteiger partial charge is 0.178 e. The van der Waals surface area contributed by atoms with Crippen LogP contribution in [0.25, 0.3) is 0 Å². The fraction of sp³-hybridized carbons (Fsp3) is 0.464. The number of methoxy groups -OCH3 is 2. The molecule has 0 N–H and O–H groups in total. The Morgan fingerprint density at radius 3 is 2.34 bits per heavy atom. The van der Waals surface area contributed by atoms with Gasteiger partial charge < -0.3 is 18.9 Å². The van der Waals surface area contributed by atoms with Crippen molar-refractivity contribution >= 4 is 17.1 Å². The number of hydrogen-bond donors (Lipinski definition) is 0. The van der Waals surface area contributed by atoms with Crippen LogP contribution in [-0.4, -0.2) is 73.6 Å². The molecular weight excluding hydrogens is 458 g/mol. The number of aryl methyl sites for hydroxylation is 2. The molecule has 1 aliphatic rings. The molecule has 35 heavy (non-hydrogen) atoms. The summed E-state index contributed by atoms with van der Waals surface area (Å²) in [5, 5.41) is 2.14. The molecule has 7 heteroatoms. The van der Waals surface area contributed by atoms with Crippen molar-refractivity contribution in [2.45, 2.75) is 33.2 Å². The summed E-state index contributed by atoms with van der Waals surface area (Å²) in [5.74, 6) is 1.71. The number of rotatable bonds is 11. The number of ether oxygens (including phenoxy) is 2. The minimum atomic E-state index is 0.225. The molecule has 0 radical (unpaired) electrons. The van der Waals surface area contributed by atoms with Crippen LogP contribution in [0.15, 0.2) is 41.8 Å². The van der Waals surface area contributed by atoms with Gasteiger partial charge in [-0.3, -0.25) is 9.69 Å². The molecule has 0 atom stereocenters. The van der Waals surface area contributed by atoms with E-state index in [4.69, 9.17) is 9.47 Å². The van der Waals surface area contributed by atoms with E-state index < -0.39 is 0 Å². The Balaban J connectivity index is 1.30. The third-order valence-electron chi connectivity index (χ3n) is 7.03. The third kappa shape index (κ3) is 6.34. The average molecular weight is 496 g/mol. The van der Waals surface area contributed by atoms with Gasteiger partial charge in [0.1, 0.15) is 0 Å². The molecule has 188 valence electrons. The van der Waals surface area contributed by atoms with Gasteiger partial charge in [-0.05, 0) is 61.9 Å². The predicted octanol–water partition coefficient (Wildman–Crippen LogP) is 4.47. The van der Waals surface area contributed by atoms with E-state index in [0.717, 1.165) is 80.6 Å². The van der Waals surface area contributed by atoms with Gasteiger partial charge in [0.05, 0.1) is 20.8 Å². The predicted molar refractivity (Wildman–Crippen MR) is 142 cm³/mol. The summed E-state index contributed by atoms with van der Waals surface area (Å²) in [6.07, 6.45) is 1.98. The first kappa shape index (κ1) is 25.5. The van der Waals surface area contributed by atoms with Crippen LogP contribution in [0.4, 0.5) is 0 Å². The minimum Gasteiger partial charge on any atom is -0.493 e. The van der Waals surface area contributed by atoms with Crippen molar-refractivity contribution in [3.63, 3.8) is 0 Å². The lowest BCUT2D eigenvalue weighted by molar-refractivity contribution is 0.0854. The van der Waals surface area contributed by atoms with Gasteiger partial charge in [-0.2, -0.15) is 0 Å². The SMILES string of the molecule is COc1ccc(CCn2c(C)cc(C(=O)CN3CCN(CCc4cccs4)CC3)c2C)cc1OC. The van der Waals surface area contributed by atoms with E-state index in [1.807, 2.05) is 23.5 Å². The largest absolute Gasteiger partial charge is 0.493 e. The highest BCUT2D eigenvalue weighted by molar-refractivity contribution is 7.09. The van der Waals surface area contributed by atoms with Gasteiger partial charge in [-0.15, -0.1) is 11.3 Å². The van der Waals surface area contributed by atoms with Crippen molar-refractivity contribution in [3.05, 3.63) is 69.2 Å². The van der Waals surface area contributed by atoms with Crippen molar-refractivity contribution in [1.82, 2.24) is 14.4 Å². The zero-order valence-electron chi connectivity index (χ0n) is 21.4. The number of benzene rings is 1. The first-order valence-electron chi connectivity index (χ1n) is 12.4. The second-order valence-electron chi connectivity index (χ2n) is 9.25. The van der Waals surface area contributed by atoms with E-state index in [0.29, 0.717) is 6.54 Å². The molecule has 1 fully saturated rings. The molecule has 1 aliphatic heterocycles. The van der Waals surface area contributed by atoms with Crippen LogP contribution >= 0.6 is 11.3 Å². The maximum Gasteiger partial charge on any atom is 0.178 e. The number of hydrogen-bond acceptors (Lipinski definition) is 6. The molecule has 0 saturated carbocycles. The molecule has 1 saturated heterocycles. The Hall–Kier alpha value is -2.61. The van der Waals surface area contributed by atoms with E-state index >= 15 is 0 Å². The van der Waals surface area contributed by atoms with E-state index in [9.17, 15) is 4.79 Å². The van der Waals surface area contributed by atoms with Crippen molar-refractivity contribution in [2.75, 3.05) is 53.5 Å². The fourth-order valence-corrected chi connectivity index (χ4v) is 5.59. The first-order chi connectivity index (χ1) is 17.0. The van der Waals surface area contributed by atoms with Crippen LogP contribution in [0.2, 0.25) is 0 Å². The summed E-state index contributed by atoms with van der Waals surface area (Å²) in [6, 6.07) is 12.4. The van der Waals surface area contributed by atoms with Crippen LogP contribution in [0.5, 0.6) is 11.5 Å². The van der Waals surface area contributed by atoms with E-state index in [2.05, 4.69) is 57.9 Å². The summed E-state index contributed by atoms with van der Waals surface area (Å²) in [4.78, 5) is 19.5. The van der Waals surface area contributed by atoms with Crippen LogP contribution in [0, 0.1) is 13.8 Å². The van der Waals surface area contributed by atoms with Gasteiger partial charge in [-0.25, -0.2) is 0 Å². The lowest BCUT2D eigenvalue weighted by Crippen LogP contribution is -2.48. The van der Waals surface area contributed by atoms with Crippen LogP contribution in [0.1, 0.15) is 32.2 Å².